The van der Waals surface area contributed by atoms with Crippen molar-refractivity contribution < 1.29 is 10.2 Å². The molecule has 0 aromatic carbocycles. The summed E-state index contributed by atoms with van der Waals surface area (Å²) in [4.78, 5) is 0. The second kappa shape index (κ2) is 2.44. The average Bonchev–Trinajstić information content (AvgIpc) is 2.14. The summed E-state index contributed by atoms with van der Waals surface area (Å²) in [7, 11) is 0. The van der Waals surface area contributed by atoms with Gasteiger partial charge in [0.2, 0.25) is 0 Å². The third-order valence-corrected chi connectivity index (χ3v) is 1.42. The Bertz CT molecular complexity index is 76.8. The van der Waals surface area contributed by atoms with Crippen molar-refractivity contribution in [1.82, 2.24) is 5.32 Å². The third-order valence-electron chi connectivity index (χ3n) is 1.42. The van der Waals surface area contributed by atoms with Crippen molar-refractivity contribution in [3.63, 3.8) is 0 Å². The lowest BCUT2D eigenvalue weighted by molar-refractivity contribution is 0.184. The molecule has 1 aliphatic heterocycles. The Labute approximate surface area is 48.3 Å². The van der Waals surface area contributed by atoms with Gasteiger partial charge in [-0.3, -0.25) is 0 Å². The number of hydrogen-bond donors (Lipinski definition) is 3. The van der Waals surface area contributed by atoms with Crippen molar-refractivity contribution in [2.45, 2.75) is 18.6 Å². The van der Waals surface area contributed by atoms with Gasteiger partial charge in [0.15, 0.2) is 0 Å². The molecule has 0 bridgehead atoms. The molecule has 48 valence electrons. The summed E-state index contributed by atoms with van der Waals surface area (Å²) in [6.07, 6.45) is 0.448. The Kier molecular flexibility index (Phi) is 1.83. The van der Waals surface area contributed by atoms with E-state index in [2.05, 4.69) is 5.32 Å². The van der Waals surface area contributed by atoms with Crippen LogP contribution >= 0.6 is 0 Å². The fourth-order valence-electron chi connectivity index (χ4n) is 0.937. The largest absolute Gasteiger partial charge is 0.395 e. The van der Waals surface area contributed by atoms with Crippen LogP contribution < -0.4 is 5.32 Å². The van der Waals surface area contributed by atoms with Crippen LogP contribution in [0.5, 0.6) is 0 Å². The van der Waals surface area contributed by atoms with Crippen molar-refractivity contribution in [2.24, 2.45) is 0 Å². The Morgan fingerprint density at radius 2 is 2.38 bits per heavy atom. The van der Waals surface area contributed by atoms with Gasteiger partial charge in [0.05, 0.1) is 12.7 Å². The van der Waals surface area contributed by atoms with Crippen molar-refractivity contribution in [3.05, 3.63) is 0 Å². The molecule has 3 N–H and O–H groups in total. The molecule has 2 atom stereocenters. The van der Waals surface area contributed by atoms with E-state index in [0.29, 0.717) is 13.0 Å². The zero-order chi connectivity index (χ0) is 5.98. The number of nitrogens with one attached hydrogen (secondary N) is 1. The van der Waals surface area contributed by atoms with Crippen LogP contribution in [-0.4, -0.2) is 35.5 Å². The molecule has 1 unspecified atom stereocenters. The average molecular weight is 117 g/mol. The van der Waals surface area contributed by atoms with Crippen LogP contribution in [-0.2, 0) is 0 Å². The van der Waals surface area contributed by atoms with Gasteiger partial charge in [-0.1, -0.05) is 0 Å². The molecule has 1 fully saturated rings. The van der Waals surface area contributed by atoms with Gasteiger partial charge in [0.1, 0.15) is 0 Å². The van der Waals surface area contributed by atoms with Crippen LogP contribution in [0.25, 0.3) is 0 Å². The summed E-state index contributed by atoms with van der Waals surface area (Å²) < 4.78 is 0. The van der Waals surface area contributed by atoms with E-state index < -0.39 is 0 Å². The second-order valence-corrected chi connectivity index (χ2v) is 2.18. The first-order valence-corrected chi connectivity index (χ1v) is 2.85. The van der Waals surface area contributed by atoms with E-state index in [-0.39, 0.29) is 18.8 Å². The maximum atomic E-state index is 8.86. The summed E-state index contributed by atoms with van der Waals surface area (Å²) in [5.41, 5.74) is 0. The third kappa shape index (κ3) is 1.18. The number of hydrogen-bond acceptors (Lipinski definition) is 3. The Morgan fingerprint density at radius 3 is 2.62 bits per heavy atom. The fraction of sp³-hybridized carbons (Fsp3) is 1.00. The second-order valence-electron chi connectivity index (χ2n) is 2.18. The molecular formula is C5H11NO2. The normalized spacial score (nSPS) is 38.2. The van der Waals surface area contributed by atoms with Crippen molar-refractivity contribution >= 4 is 0 Å². The van der Waals surface area contributed by atoms with Gasteiger partial charge in [-0.2, -0.15) is 0 Å². The van der Waals surface area contributed by atoms with Gasteiger partial charge in [-0.05, 0) is 6.42 Å². The fourth-order valence-corrected chi connectivity index (χ4v) is 0.937. The van der Waals surface area contributed by atoms with E-state index in [1.54, 1.807) is 0 Å². The first kappa shape index (κ1) is 6.01. The quantitative estimate of drug-likeness (QED) is 0.400. The molecule has 0 aliphatic carbocycles. The Morgan fingerprint density at radius 1 is 1.62 bits per heavy atom. The SMILES string of the molecule is OCC1C[C@@H](O)CN1. The predicted octanol–water partition coefficient (Wildman–Crippen LogP) is -1.30. The van der Waals surface area contributed by atoms with Crippen LogP contribution in [0.15, 0.2) is 0 Å². The first-order valence-electron chi connectivity index (χ1n) is 2.85. The highest BCUT2D eigenvalue weighted by Crippen LogP contribution is 2.03. The molecule has 1 heterocycles. The number of aliphatic hydroxyl groups excluding tert-OH is 2. The van der Waals surface area contributed by atoms with E-state index >= 15 is 0 Å². The molecule has 1 rings (SSSR count). The topological polar surface area (TPSA) is 52.5 Å². The highest BCUT2D eigenvalue weighted by Gasteiger charge is 2.20. The summed E-state index contributed by atoms with van der Waals surface area (Å²) >= 11 is 0. The minimum absolute atomic E-state index is 0.130. The predicted molar refractivity (Wildman–Crippen MR) is 29.5 cm³/mol. The summed E-state index contributed by atoms with van der Waals surface area (Å²) in [5.74, 6) is 0. The van der Waals surface area contributed by atoms with Crippen molar-refractivity contribution in [2.75, 3.05) is 13.2 Å². The summed E-state index contributed by atoms with van der Waals surface area (Å²) in [6, 6.07) is 0.130. The number of rotatable bonds is 1. The summed E-state index contributed by atoms with van der Waals surface area (Å²) in [5, 5.41) is 20.3. The van der Waals surface area contributed by atoms with E-state index in [9.17, 15) is 0 Å². The van der Waals surface area contributed by atoms with Gasteiger partial charge in [-0.25, -0.2) is 0 Å². The van der Waals surface area contributed by atoms with Gasteiger partial charge in [0.25, 0.3) is 0 Å². The number of aliphatic hydroxyl groups is 2. The lowest BCUT2D eigenvalue weighted by Gasteiger charge is -2.01. The zero-order valence-electron chi connectivity index (χ0n) is 4.67. The maximum absolute atomic E-state index is 8.86. The molecule has 0 saturated carbocycles. The Hall–Kier alpha value is -0.120. The molecule has 0 aromatic heterocycles. The highest BCUT2D eigenvalue weighted by molar-refractivity contribution is 4.79. The lowest BCUT2D eigenvalue weighted by atomic mass is 10.2. The van der Waals surface area contributed by atoms with Gasteiger partial charge in [0, 0.05) is 12.6 Å². The zero-order valence-corrected chi connectivity index (χ0v) is 4.67. The summed E-state index contributed by atoms with van der Waals surface area (Å²) in [6.45, 7) is 0.766. The van der Waals surface area contributed by atoms with Crippen LogP contribution in [0.1, 0.15) is 6.42 Å². The van der Waals surface area contributed by atoms with Crippen LogP contribution in [0.4, 0.5) is 0 Å². The standard InChI is InChI=1S/C5H11NO2/c7-3-4-1-5(8)2-6-4/h4-8H,1-3H2/t4?,5-/m1/s1. The van der Waals surface area contributed by atoms with Crippen molar-refractivity contribution in [1.29, 1.82) is 0 Å². The molecule has 1 saturated heterocycles. The van der Waals surface area contributed by atoms with E-state index in [4.69, 9.17) is 10.2 Å². The van der Waals surface area contributed by atoms with E-state index in [1.807, 2.05) is 0 Å². The molecule has 0 amide bonds. The molecule has 0 radical (unpaired) electrons. The highest BCUT2D eigenvalue weighted by atomic mass is 16.3. The molecule has 3 nitrogen and oxygen atoms in total. The van der Waals surface area contributed by atoms with E-state index in [1.165, 1.54) is 0 Å². The molecule has 8 heavy (non-hydrogen) atoms. The molecule has 0 spiro atoms. The molecular weight excluding hydrogens is 106 g/mol. The van der Waals surface area contributed by atoms with Gasteiger partial charge < -0.3 is 15.5 Å². The molecule has 0 aromatic rings. The van der Waals surface area contributed by atoms with Crippen LogP contribution in [0.3, 0.4) is 0 Å². The monoisotopic (exact) mass is 117 g/mol. The van der Waals surface area contributed by atoms with E-state index in [0.717, 1.165) is 0 Å². The smallest absolute Gasteiger partial charge is 0.0680 e. The maximum Gasteiger partial charge on any atom is 0.0680 e. The van der Waals surface area contributed by atoms with Gasteiger partial charge >= 0.3 is 0 Å². The lowest BCUT2D eigenvalue weighted by Crippen LogP contribution is -2.24. The van der Waals surface area contributed by atoms with Crippen molar-refractivity contribution in [3.8, 4) is 0 Å². The minimum Gasteiger partial charge on any atom is -0.395 e. The van der Waals surface area contributed by atoms with Crippen LogP contribution in [0, 0.1) is 0 Å². The molecule has 1 aliphatic rings. The molecule has 3 heteroatoms. The van der Waals surface area contributed by atoms with Crippen LogP contribution in [0.2, 0.25) is 0 Å². The number of β-amino-alcohol motifs (C(OH)–C–C–N with tert-alkyl or cyclic N) is 1. The first-order chi connectivity index (χ1) is 3.83. The minimum atomic E-state index is -0.243. The van der Waals surface area contributed by atoms with Gasteiger partial charge in [-0.15, -0.1) is 0 Å². The Balaban J connectivity index is 2.22.